The minimum atomic E-state index is 0.464. The second kappa shape index (κ2) is 3.40. The summed E-state index contributed by atoms with van der Waals surface area (Å²) >= 11 is 0. The van der Waals surface area contributed by atoms with Gasteiger partial charge >= 0.3 is 0 Å². The quantitative estimate of drug-likeness (QED) is 0.726. The molecule has 0 spiro atoms. The highest BCUT2D eigenvalue weighted by molar-refractivity contribution is 5.39. The Hall–Kier alpha value is -1.38. The Morgan fingerprint density at radius 3 is 2.79 bits per heavy atom. The van der Waals surface area contributed by atoms with Gasteiger partial charge in [0.1, 0.15) is 0 Å². The molecule has 0 bridgehead atoms. The fourth-order valence-electron chi connectivity index (χ4n) is 1.48. The summed E-state index contributed by atoms with van der Waals surface area (Å²) in [5.41, 5.74) is 3.22. The van der Waals surface area contributed by atoms with E-state index < -0.39 is 0 Å². The highest BCUT2D eigenvalue weighted by Gasteiger charge is 2.05. The highest BCUT2D eigenvalue weighted by Crippen LogP contribution is 2.13. The third-order valence-electron chi connectivity index (χ3n) is 2.41. The Kier molecular flexibility index (Phi) is 2.23. The van der Waals surface area contributed by atoms with Gasteiger partial charge in [0.05, 0.1) is 17.6 Å². The van der Waals surface area contributed by atoms with Crippen molar-refractivity contribution in [1.82, 2.24) is 14.6 Å². The number of nitrogens with zero attached hydrogens (tertiary/aromatic N) is 3. The molecule has 0 aromatic carbocycles. The zero-order chi connectivity index (χ0) is 10.1. The number of aromatic nitrogens is 3. The van der Waals surface area contributed by atoms with Crippen molar-refractivity contribution in [2.24, 2.45) is 0 Å². The van der Waals surface area contributed by atoms with Gasteiger partial charge in [-0.3, -0.25) is 0 Å². The molecule has 0 aliphatic carbocycles. The van der Waals surface area contributed by atoms with E-state index >= 15 is 0 Å². The summed E-state index contributed by atoms with van der Waals surface area (Å²) in [7, 11) is 0. The first-order chi connectivity index (χ1) is 6.72. The molecule has 3 heteroatoms. The Bertz CT molecular complexity index is 443. The lowest BCUT2D eigenvalue weighted by atomic mass is 10.1. The molecule has 0 atom stereocenters. The number of fused-ring (bicyclic) bond motifs is 1. The maximum absolute atomic E-state index is 4.56. The summed E-state index contributed by atoms with van der Waals surface area (Å²) in [6.07, 6.45) is 2.86. The molecule has 0 fully saturated rings. The van der Waals surface area contributed by atoms with E-state index in [-0.39, 0.29) is 0 Å². The van der Waals surface area contributed by atoms with E-state index in [2.05, 4.69) is 30.9 Å². The van der Waals surface area contributed by atoms with Gasteiger partial charge in [0.2, 0.25) is 0 Å². The van der Waals surface area contributed by atoms with Crippen molar-refractivity contribution in [2.45, 2.75) is 33.1 Å². The van der Waals surface area contributed by atoms with Crippen LogP contribution in [0.5, 0.6) is 0 Å². The first kappa shape index (κ1) is 9.19. The van der Waals surface area contributed by atoms with Crippen LogP contribution in [-0.2, 0) is 6.42 Å². The molecule has 2 heterocycles. The normalized spacial score (nSPS) is 11.4. The van der Waals surface area contributed by atoms with Crippen LogP contribution < -0.4 is 0 Å². The molecular formula is C11H15N3. The monoisotopic (exact) mass is 189 g/mol. The summed E-state index contributed by atoms with van der Waals surface area (Å²) in [5.74, 6) is 0.464. The van der Waals surface area contributed by atoms with Crippen LogP contribution in [-0.4, -0.2) is 14.6 Å². The van der Waals surface area contributed by atoms with Crippen molar-refractivity contribution in [2.75, 3.05) is 0 Å². The lowest BCUT2D eigenvalue weighted by molar-refractivity contribution is 0.746. The van der Waals surface area contributed by atoms with Gasteiger partial charge in [0.25, 0.3) is 0 Å². The van der Waals surface area contributed by atoms with Crippen LogP contribution in [0.15, 0.2) is 18.3 Å². The van der Waals surface area contributed by atoms with E-state index in [1.807, 2.05) is 22.8 Å². The molecule has 2 aromatic heterocycles. The molecular weight excluding hydrogens is 174 g/mol. The van der Waals surface area contributed by atoms with Crippen molar-refractivity contribution in [1.29, 1.82) is 0 Å². The maximum Gasteiger partial charge on any atom is 0.153 e. The highest BCUT2D eigenvalue weighted by atomic mass is 15.3. The predicted molar refractivity (Wildman–Crippen MR) is 56.5 cm³/mol. The van der Waals surface area contributed by atoms with Crippen LogP contribution in [0.2, 0.25) is 0 Å². The van der Waals surface area contributed by atoms with Crippen LogP contribution in [0.4, 0.5) is 0 Å². The van der Waals surface area contributed by atoms with Gasteiger partial charge in [0.15, 0.2) is 5.65 Å². The average molecular weight is 189 g/mol. The summed E-state index contributed by atoms with van der Waals surface area (Å²) in [4.78, 5) is 4.29. The van der Waals surface area contributed by atoms with Crippen molar-refractivity contribution in [3.63, 3.8) is 0 Å². The third kappa shape index (κ3) is 1.39. The standard InChI is InChI=1S/C11H15N3/c1-4-9-7-12-11-6-5-10(8(2)3)13-14(9)11/h5-8H,4H2,1-3H3. The van der Waals surface area contributed by atoms with Crippen LogP contribution in [0.25, 0.3) is 5.65 Å². The first-order valence-corrected chi connectivity index (χ1v) is 5.06. The van der Waals surface area contributed by atoms with Crippen LogP contribution >= 0.6 is 0 Å². The van der Waals surface area contributed by atoms with Gasteiger partial charge in [0, 0.05) is 0 Å². The van der Waals surface area contributed by atoms with Gasteiger partial charge in [-0.1, -0.05) is 20.8 Å². The van der Waals surface area contributed by atoms with Crippen molar-refractivity contribution >= 4 is 5.65 Å². The fraction of sp³-hybridized carbons (Fsp3) is 0.455. The number of rotatable bonds is 2. The van der Waals surface area contributed by atoms with Crippen LogP contribution in [0.3, 0.4) is 0 Å². The summed E-state index contributed by atoms with van der Waals surface area (Å²) < 4.78 is 1.94. The van der Waals surface area contributed by atoms with Gasteiger partial charge < -0.3 is 0 Å². The summed E-state index contributed by atoms with van der Waals surface area (Å²) in [6, 6.07) is 4.08. The molecule has 74 valence electrons. The van der Waals surface area contributed by atoms with E-state index in [4.69, 9.17) is 0 Å². The van der Waals surface area contributed by atoms with Crippen LogP contribution in [0, 0.1) is 0 Å². The number of aryl methyl sites for hydroxylation is 1. The number of hydrogen-bond donors (Lipinski definition) is 0. The van der Waals surface area contributed by atoms with Crippen molar-refractivity contribution in [3.05, 3.63) is 29.7 Å². The molecule has 2 aromatic rings. The van der Waals surface area contributed by atoms with Crippen molar-refractivity contribution in [3.8, 4) is 0 Å². The van der Waals surface area contributed by atoms with E-state index in [0.717, 1.165) is 17.8 Å². The molecule has 0 saturated carbocycles. The first-order valence-electron chi connectivity index (χ1n) is 5.06. The molecule has 0 N–H and O–H groups in total. The average Bonchev–Trinajstić information content (AvgIpc) is 2.59. The molecule has 0 unspecified atom stereocenters. The molecule has 3 nitrogen and oxygen atoms in total. The maximum atomic E-state index is 4.56. The minimum Gasteiger partial charge on any atom is -0.235 e. The Morgan fingerprint density at radius 2 is 2.14 bits per heavy atom. The van der Waals surface area contributed by atoms with Crippen LogP contribution in [0.1, 0.15) is 38.1 Å². The topological polar surface area (TPSA) is 30.2 Å². The smallest absolute Gasteiger partial charge is 0.153 e. The van der Waals surface area contributed by atoms with Gasteiger partial charge in [-0.15, -0.1) is 0 Å². The number of hydrogen-bond acceptors (Lipinski definition) is 2. The minimum absolute atomic E-state index is 0.464. The Labute approximate surface area is 83.8 Å². The SMILES string of the molecule is CCc1cnc2ccc(C(C)C)nn12. The van der Waals surface area contributed by atoms with Gasteiger partial charge in [-0.25, -0.2) is 9.50 Å². The summed E-state index contributed by atoms with van der Waals surface area (Å²) in [5, 5.41) is 4.56. The lowest BCUT2D eigenvalue weighted by Gasteiger charge is -2.05. The molecule has 0 saturated heterocycles. The van der Waals surface area contributed by atoms with E-state index in [9.17, 15) is 0 Å². The third-order valence-corrected chi connectivity index (χ3v) is 2.41. The Balaban J connectivity index is 2.61. The molecule has 0 aliphatic rings. The molecule has 0 amide bonds. The molecule has 0 aliphatic heterocycles. The van der Waals surface area contributed by atoms with Gasteiger partial charge in [-0.2, -0.15) is 5.10 Å². The summed E-state index contributed by atoms with van der Waals surface area (Å²) in [6.45, 7) is 6.42. The largest absolute Gasteiger partial charge is 0.235 e. The van der Waals surface area contributed by atoms with Gasteiger partial charge in [-0.05, 0) is 24.5 Å². The van der Waals surface area contributed by atoms with E-state index in [0.29, 0.717) is 5.92 Å². The lowest BCUT2D eigenvalue weighted by Crippen LogP contribution is -2.01. The van der Waals surface area contributed by atoms with Crippen molar-refractivity contribution < 1.29 is 0 Å². The Morgan fingerprint density at radius 1 is 1.36 bits per heavy atom. The van der Waals surface area contributed by atoms with E-state index in [1.165, 1.54) is 5.69 Å². The fourth-order valence-corrected chi connectivity index (χ4v) is 1.48. The second-order valence-corrected chi connectivity index (χ2v) is 3.79. The predicted octanol–water partition coefficient (Wildman–Crippen LogP) is 2.42. The second-order valence-electron chi connectivity index (χ2n) is 3.79. The van der Waals surface area contributed by atoms with E-state index in [1.54, 1.807) is 0 Å². The zero-order valence-electron chi connectivity index (χ0n) is 8.86. The zero-order valence-corrected chi connectivity index (χ0v) is 8.86. The molecule has 14 heavy (non-hydrogen) atoms. The molecule has 0 radical (unpaired) electrons. The molecule has 2 rings (SSSR count). The number of imidazole rings is 1.